The number of anilines is 1. The summed E-state index contributed by atoms with van der Waals surface area (Å²) in [5.74, 6) is 0.0169. The van der Waals surface area contributed by atoms with E-state index < -0.39 is 11.7 Å². The van der Waals surface area contributed by atoms with Gasteiger partial charge in [-0.05, 0) is 38.8 Å². The molecule has 0 fully saturated rings. The van der Waals surface area contributed by atoms with E-state index in [0.717, 1.165) is 29.8 Å². The number of hydrogen-bond donors (Lipinski definition) is 1. The highest BCUT2D eigenvalue weighted by atomic mass is 19.1. The normalized spacial score (nSPS) is 23.2. The van der Waals surface area contributed by atoms with Crippen molar-refractivity contribution in [3.63, 3.8) is 0 Å². The molecule has 2 aliphatic rings. The van der Waals surface area contributed by atoms with Gasteiger partial charge in [0, 0.05) is 30.3 Å². The van der Waals surface area contributed by atoms with Crippen LogP contribution in [0.15, 0.2) is 12.1 Å². The molecule has 0 saturated carbocycles. The van der Waals surface area contributed by atoms with Crippen LogP contribution in [0.2, 0.25) is 0 Å². The Hall–Kier alpha value is -1.78. The monoisotopic (exact) mass is 306 g/mol. The first-order valence-corrected chi connectivity index (χ1v) is 7.82. The molecule has 0 radical (unpaired) electrons. The largest absolute Gasteiger partial charge is 0.444 e. The summed E-state index contributed by atoms with van der Waals surface area (Å²) in [5.41, 5.74) is 2.46. The van der Waals surface area contributed by atoms with Crippen molar-refractivity contribution in [1.29, 1.82) is 0 Å². The molecule has 0 aliphatic carbocycles. The van der Waals surface area contributed by atoms with Gasteiger partial charge >= 0.3 is 6.09 Å². The van der Waals surface area contributed by atoms with Crippen LogP contribution in [0, 0.1) is 5.82 Å². The topological polar surface area (TPSA) is 41.6 Å². The number of carbonyl (C=O) groups is 1. The third-order valence-corrected chi connectivity index (χ3v) is 4.42. The standard InChI is InChI=1S/C17H23FN2O2/c1-10-11-5-6-13(18)12-7-8-20(15(11)12)9-14(10)19-16(21)22-17(2,3)4/h5-6,10,14H,7-9H2,1-4H3,(H,19,21). The summed E-state index contributed by atoms with van der Waals surface area (Å²) in [6.07, 6.45) is 0.343. The zero-order chi connectivity index (χ0) is 16.1. The number of hydrogen-bond acceptors (Lipinski definition) is 3. The summed E-state index contributed by atoms with van der Waals surface area (Å²) in [5, 5.41) is 2.97. The van der Waals surface area contributed by atoms with Crippen LogP contribution in [0.5, 0.6) is 0 Å². The molecule has 5 heteroatoms. The van der Waals surface area contributed by atoms with E-state index in [9.17, 15) is 9.18 Å². The quantitative estimate of drug-likeness (QED) is 0.866. The molecule has 0 bridgehead atoms. The molecule has 2 atom stereocenters. The van der Waals surface area contributed by atoms with Crippen LogP contribution < -0.4 is 10.2 Å². The number of carbonyl (C=O) groups excluding carboxylic acids is 1. The minimum atomic E-state index is -0.510. The first-order valence-electron chi connectivity index (χ1n) is 7.82. The maximum atomic E-state index is 13.9. The van der Waals surface area contributed by atoms with E-state index >= 15 is 0 Å². The summed E-state index contributed by atoms with van der Waals surface area (Å²) < 4.78 is 19.3. The van der Waals surface area contributed by atoms with Crippen molar-refractivity contribution in [1.82, 2.24) is 5.32 Å². The Bertz CT molecular complexity index is 609. The number of amides is 1. The number of halogens is 1. The summed E-state index contributed by atoms with van der Waals surface area (Å²) in [6.45, 7) is 9.13. The van der Waals surface area contributed by atoms with Gasteiger partial charge < -0.3 is 15.0 Å². The predicted octanol–water partition coefficient (Wildman–Crippen LogP) is 3.20. The molecular weight excluding hydrogens is 283 g/mol. The van der Waals surface area contributed by atoms with Gasteiger partial charge in [0.25, 0.3) is 0 Å². The zero-order valence-electron chi connectivity index (χ0n) is 13.6. The van der Waals surface area contributed by atoms with Crippen molar-refractivity contribution in [2.45, 2.75) is 51.7 Å². The predicted molar refractivity (Wildman–Crippen MR) is 83.9 cm³/mol. The molecule has 120 valence electrons. The van der Waals surface area contributed by atoms with Crippen molar-refractivity contribution >= 4 is 11.8 Å². The van der Waals surface area contributed by atoms with Crippen molar-refractivity contribution in [3.8, 4) is 0 Å². The van der Waals surface area contributed by atoms with Crippen LogP contribution in [0.3, 0.4) is 0 Å². The fourth-order valence-corrected chi connectivity index (χ4v) is 3.39. The molecule has 4 nitrogen and oxygen atoms in total. The number of benzene rings is 1. The fourth-order valence-electron chi connectivity index (χ4n) is 3.39. The van der Waals surface area contributed by atoms with E-state index in [2.05, 4.69) is 17.1 Å². The lowest BCUT2D eigenvalue weighted by Gasteiger charge is -2.38. The van der Waals surface area contributed by atoms with E-state index in [1.165, 1.54) is 0 Å². The zero-order valence-corrected chi connectivity index (χ0v) is 13.6. The van der Waals surface area contributed by atoms with Gasteiger partial charge in [-0.15, -0.1) is 0 Å². The average Bonchev–Trinajstić information content (AvgIpc) is 2.80. The van der Waals surface area contributed by atoms with Gasteiger partial charge in [0.05, 0.1) is 6.04 Å². The van der Waals surface area contributed by atoms with E-state index in [1.807, 2.05) is 26.8 Å². The third kappa shape index (κ3) is 2.64. The first-order chi connectivity index (χ1) is 10.3. The summed E-state index contributed by atoms with van der Waals surface area (Å²) in [4.78, 5) is 14.2. The number of nitrogens with zero attached hydrogens (tertiary/aromatic N) is 1. The molecule has 22 heavy (non-hydrogen) atoms. The van der Waals surface area contributed by atoms with Gasteiger partial charge in [-0.1, -0.05) is 13.0 Å². The van der Waals surface area contributed by atoms with Gasteiger partial charge in [-0.2, -0.15) is 0 Å². The van der Waals surface area contributed by atoms with E-state index in [-0.39, 0.29) is 17.8 Å². The number of alkyl carbamates (subject to hydrolysis) is 1. The van der Waals surface area contributed by atoms with E-state index in [4.69, 9.17) is 4.74 Å². The molecule has 1 amide bonds. The van der Waals surface area contributed by atoms with Crippen LogP contribution in [0.4, 0.5) is 14.9 Å². The lowest BCUT2D eigenvalue weighted by atomic mass is 9.87. The molecule has 1 aromatic rings. The molecule has 2 unspecified atom stereocenters. The molecule has 3 rings (SSSR count). The maximum absolute atomic E-state index is 13.9. The highest BCUT2D eigenvalue weighted by Crippen LogP contribution is 2.42. The average molecular weight is 306 g/mol. The minimum Gasteiger partial charge on any atom is -0.444 e. The molecule has 0 spiro atoms. The number of ether oxygens (including phenoxy) is 1. The van der Waals surface area contributed by atoms with Gasteiger partial charge in [0.15, 0.2) is 0 Å². The minimum absolute atomic E-state index is 0.0289. The van der Waals surface area contributed by atoms with Gasteiger partial charge in [0.1, 0.15) is 11.4 Å². The van der Waals surface area contributed by atoms with Crippen molar-refractivity contribution in [2.75, 3.05) is 18.0 Å². The first kappa shape index (κ1) is 15.1. The molecule has 2 aliphatic heterocycles. The molecule has 1 N–H and O–H groups in total. The number of rotatable bonds is 1. The number of nitrogens with one attached hydrogen (secondary N) is 1. The van der Waals surface area contributed by atoms with Crippen molar-refractivity contribution in [2.24, 2.45) is 0 Å². The lowest BCUT2D eigenvalue weighted by Crippen LogP contribution is -2.50. The summed E-state index contributed by atoms with van der Waals surface area (Å²) in [6, 6.07) is 3.36. The highest BCUT2D eigenvalue weighted by molar-refractivity contribution is 5.71. The second-order valence-corrected chi connectivity index (χ2v) is 7.20. The Morgan fingerprint density at radius 1 is 1.41 bits per heavy atom. The summed E-state index contributed by atoms with van der Waals surface area (Å²) in [7, 11) is 0. The van der Waals surface area contributed by atoms with Crippen LogP contribution >= 0.6 is 0 Å². The lowest BCUT2D eigenvalue weighted by molar-refractivity contribution is 0.0498. The van der Waals surface area contributed by atoms with Crippen LogP contribution in [-0.4, -0.2) is 30.8 Å². The third-order valence-electron chi connectivity index (χ3n) is 4.42. The van der Waals surface area contributed by atoms with E-state index in [0.29, 0.717) is 6.54 Å². The Balaban J connectivity index is 1.81. The smallest absolute Gasteiger partial charge is 0.407 e. The Morgan fingerprint density at radius 3 is 2.82 bits per heavy atom. The van der Waals surface area contributed by atoms with Gasteiger partial charge in [0.2, 0.25) is 0 Å². The molecule has 2 heterocycles. The molecular formula is C17H23FN2O2. The van der Waals surface area contributed by atoms with Gasteiger partial charge in [-0.3, -0.25) is 0 Å². The molecule has 0 aromatic heterocycles. The summed E-state index contributed by atoms with van der Waals surface area (Å²) >= 11 is 0. The Labute approximate surface area is 130 Å². The second kappa shape index (κ2) is 5.14. The van der Waals surface area contributed by atoms with Crippen LogP contribution in [0.25, 0.3) is 0 Å². The molecule has 1 aromatic carbocycles. The second-order valence-electron chi connectivity index (χ2n) is 7.20. The SMILES string of the molecule is CC1c2ccc(F)c3c2N(CC3)CC1NC(=O)OC(C)(C)C. The van der Waals surface area contributed by atoms with Gasteiger partial charge in [-0.25, -0.2) is 9.18 Å². The highest BCUT2D eigenvalue weighted by Gasteiger charge is 2.37. The van der Waals surface area contributed by atoms with Crippen LogP contribution in [0.1, 0.15) is 44.7 Å². The Kier molecular flexibility index (Phi) is 3.54. The maximum Gasteiger partial charge on any atom is 0.407 e. The van der Waals surface area contributed by atoms with E-state index in [1.54, 1.807) is 6.07 Å². The van der Waals surface area contributed by atoms with Crippen LogP contribution in [-0.2, 0) is 11.2 Å². The van der Waals surface area contributed by atoms with Crippen molar-refractivity contribution in [3.05, 3.63) is 29.1 Å². The fraction of sp³-hybridized carbons (Fsp3) is 0.588. The van der Waals surface area contributed by atoms with Crippen molar-refractivity contribution < 1.29 is 13.9 Å². The Morgan fingerprint density at radius 2 is 2.14 bits per heavy atom. The molecule has 0 saturated heterocycles.